The molecule has 152 valence electrons. The third-order valence-corrected chi connectivity index (χ3v) is 5.28. The topological polar surface area (TPSA) is 50.7 Å². The van der Waals surface area contributed by atoms with Crippen molar-refractivity contribution in [3.05, 3.63) is 114 Å². The molecule has 1 N–H and O–H groups in total. The maximum absolute atomic E-state index is 12.3. The van der Waals surface area contributed by atoms with Crippen molar-refractivity contribution in [1.82, 2.24) is 5.43 Å². The summed E-state index contributed by atoms with van der Waals surface area (Å²) in [7, 11) is 0. The van der Waals surface area contributed by atoms with Gasteiger partial charge in [-0.15, -0.1) is 0 Å². The van der Waals surface area contributed by atoms with Crippen LogP contribution in [0.5, 0.6) is 5.75 Å². The van der Waals surface area contributed by atoms with Crippen LogP contribution in [-0.2, 0) is 11.5 Å². The molecule has 0 radical (unpaired) electrons. The molecule has 30 heavy (non-hydrogen) atoms. The highest BCUT2D eigenvalue weighted by Crippen LogP contribution is 2.18. The molecule has 0 aromatic heterocycles. The Morgan fingerprint density at radius 1 is 0.967 bits per heavy atom. The largest absolute Gasteiger partial charge is 0.490 e. The lowest BCUT2D eigenvalue weighted by Crippen LogP contribution is -2.17. The van der Waals surface area contributed by atoms with Crippen molar-refractivity contribution in [3.63, 3.8) is 0 Å². The van der Waals surface area contributed by atoms with Crippen LogP contribution in [0.1, 0.15) is 27.0 Å². The minimum Gasteiger partial charge on any atom is -0.490 e. The smallest absolute Gasteiger partial charge is 0.271 e. The first kappa shape index (κ1) is 21.4. The summed E-state index contributed by atoms with van der Waals surface area (Å²) in [5.41, 5.74) is 6.48. The monoisotopic (exact) mass is 416 g/mol. The summed E-state index contributed by atoms with van der Waals surface area (Å²) in [4.78, 5) is 12.3. The maximum Gasteiger partial charge on any atom is 0.271 e. The molecule has 0 fully saturated rings. The SMILES string of the molecule is C=CCOc1cccc(/C=N\NC(=O)c2ccc(CSCc3ccccc3)cc2)c1. The summed E-state index contributed by atoms with van der Waals surface area (Å²) in [6.07, 6.45) is 3.28. The third-order valence-electron chi connectivity index (χ3n) is 4.20. The van der Waals surface area contributed by atoms with Gasteiger partial charge in [0.15, 0.2) is 0 Å². The van der Waals surface area contributed by atoms with E-state index >= 15 is 0 Å². The van der Waals surface area contributed by atoms with E-state index in [1.54, 1.807) is 12.3 Å². The number of benzene rings is 3. The molecule has 3 rings (SSSR count). The third kappa shape index (κ3) is 6.94. The fourth-order valence-electron chi connectivity index (χ4n) is 2.68. The van der Waals surface area contributed by atoms with Gasteiger partial charge in [0, 0.05) is 17.1 Å². The summed E-state index contributed by atoms with van der Waals surface area (Å²) in [6, 6.07) is 25.5. The molecular weight excluding hydrogens is 392 g/mol. The number of rotatable bonds is 10. The molecular formula is C25H24N2O2S. The molecule has 0 atom stereocenters. The van der Waals surface area contributed by atoms with E-state index in [4.69, 9.17) is 4.74 Å². The van der Waals surface area contributed by atoms with Crippen LogP contribution in [0.25, 0.3) is 0 Å². The Balaban J connectivity index is 1.47. The molecule has 3 aromatic carbocycles. The van der Waals surface area contributed by atoms with Crippen molar-refractivity contribution in [2.45, 2.75) is 11.5 Å². The molecule has 0 aliphatic rings. The van der Waals surface area contributed by atoms with Gasteiger partial charge < -0.3 is 4.74 Å². The molecule has 0 unspecified atom stereocenters. The van der Waals surface area contributed by atoms with Crippen LogP contribution in [0.15, 0.2) is 96.6 Å². The van der Waals surface area contributed by atoms with Crippen LogP contribution in [-0.4, -0.2) is 18.7 Å². The average Bonchev–Trinajstić information content (AvgIpc) is 2.79. The second kappa shape index (κ2) is 11.6. The Morgan fingerprint density at radius 3 is 2.43 bits per heavy atom. The molecule has 0 heterocycles. The lowest BCUT2D eigenvalue weighted by molar-refractivity contribution is 0.0955. The molecule has 4 nitrogen and oxygen atoms in total. The first-order chi connectivity index (χ1) is 14.7. The van der Waals surface area contributed by atoms with Crippen molar-refractivity contribution < 1.29 is 9.53 Å². The zero-order valence-corrected chi connectivity index (χ0v) is 17.5. The quantitative estimate of drug-likeness (QED) is 0.272. The van der Waals surface area contributed by atoms with Gasteiger partial charge in [0.05, 0.1) is 6.21 Å². The number of thioether (sulfide) groups is 1. The normalized spacial score (nSPS) is 10.7. The molecule has 0 spiro atoms. The zero-order valence-electron chi connectivity index (χ0n) is 16.7. The van der Waals surface area contributed by atoms with Crippen LogP contribution in [0.3, 0.4) is 0 Å². The Kier molecular flexibility index (Phi) is 8.30. The molecule has 0 bridgehead atoms. The van der Waals surface area contributed by atoms with E-state index in [2.05, 4.69) is 41.4 Å². The van der Waals surface area contributed by atoms with Gasteiger partial charge >= 0.3 is 0 Å². The van der Waals surface area contributed by atoms with Gasteiger partial charge in [-0.1, -0.05) is 67.3 Å². The Labute approximate surface area is 181 Å². The van der Waals surface area contributed by atoms with Crippen LogP contribution >= 0.6 is 11.8 Å². The van der Waals surface area contributed by atoms with Gasteiger partial charge in [-0.05, 0) is 41.0 Å². The highest BCUT2D eigenvalue weighted by Gasteiger charge is 2.04. The standard InChI is InChI=1S/C25H24N2O2S/c1-2-15-29-24-10-6-9-22(16-24)17-26-27-25(28)23-13-11-21(12-14-23)19-30-18-20-7-4-3-5-8-20/h2-14,16-17H,1,15,18-19H2,(H,27,28)/b26-17-. The number of amides is 1. The fraction of sp³-hybridized carbons (Fsp3) is 0.120. The summed E-state index contributed by atoms with van der Waals surface area (Å²) in [5, 5.41) is 4.04. The Hall–Kier alpha value is -3.31. The second-order valence-corrected chi connectivity index (χ2v) is 7.53. The molecule has 5 heteroatoms. The van der Waals surface area contributed by atoms with Gasteiger partial charge in [-0.25, -0.2) is 5.43 Å². The summed E-state index contributed by atoms with van der Waals surface area (Å²) in [5.74, 6) is 2.36. The zero-order chi connectivity index (χ0) is 21.0. The van der Waals surface area contributed by atoms with E-state index in [1.165, 1.54) is 11.1 Å². The number of nitrogens with one attached hydrogen (secondary N) is 1. The minimum atomic E-state index is -0.242. The summed E-state index contributed by atoms with van der Waals surface area (Å²) in [6.45, 7) is 4.07. The van der Waals surface area contributed by atoms with Gasteiger partial charge in [-0.3, -0.25) is 4.79 Å². The van der Waals surface area contributed by atoms with Gasteiger partial charge in [-0.2, -0.15) is 16.9 Å². The molecule has 0 aliphatic carbocycles. The number of hydrogen-bond acceptors (Lipinski definition) is 4. The summed E-state index contributed by atoms with van der Waals surface area (Å²) >= 11 is 1.85. The van der Waals surface area contributed by atoms with E-state index in [0.29, 0.717) is 12.2 Å². The lowest BCUT2D eigenvalue weighted by atomic mass is 10.1. The first-order valence-corrected chi connectivity index (χ1v) is 10.8. The molecule has 0 saturated carbocycles. The van der Waals surface area contributed by atoms with E-state index in [-0.39, 0.29) is 5.91 Å². The predicted octanol–water partition coefficient (Wildman–Crippen LogP) is 5.45. The molecule has 0 aliphatic heterocycles. The number of hydrazone groups is 1. The fourth-order valence-corrected chi connectivity index (χ4v) is 3.64. The van der Waals surface area contributed by atoms with Crippen LogP contribution < -0.4 is 10.2 Å². The van der Waals surface area contributed by atoms with Crippen LogP contribution in [0.2, 0.25) is 0 Å². The Bertz CT molecular complexity index is 986. The number of nitrogens with zero attached hydrogens (tertiary/aromatic N) is 1. The van der Waals surface area contributed by atoms with Crippen molar-refractivity contribution in [2.75, 3.05) is 6.61 Å². The van der Waals surface area contributed by atoms with E-state index < -0.39 is 0 Å². The maximum atomic E-state index is 12.3. The van der Waals surface area contributed by atoms with Crippen molar-refractivity contribution in [1.29, 1.82) is 0 Å². The van der Waals surface area contributed by atoms with Gasteiger partial charge in [0.25, 0.3) is 5.91 Å². The first-order valence-electron chi connectivity index (χ1n) is 9.62. The van der Waals surface area contributed by atoms with E-state index in [9.17, 15) is 4.79 Å². The molecule has 0 saturated heterocycles. The number of hydrogen-bond donors (Lipinski definition) is 1. The van der Waals surface area contributed by atoms with Crippen molar-refractivity contribution in [3.8, 4) is 5.75 Å². The lowest BCUT2D eigenvalue weighted by Gasteiger charge is -2.05. The number of carbonyl (C=O) groups is 1. The van der Waals surface area contributed by atoms with Gasteiger partial charge in [0.1, 0.15) is 12.4 Å². The Morgan fingerprint density at radius 2 is 1.70 bits per heavy atom. The van der Waals surface area contributed by atoms with Crippen molar-refractivity contribution >= 4 is 23.9 Å². The molecule has 3 aromatic rings. The molecule has 1 amide bonds. The highest BCUT2D eigenvalue weighted by atomic mass is 32.2. The summed E-state index contributed by atoms with van der Waals surface area (Å²) < 4.78 is 5.49. The van der Waals surface area contributed by atoms with Gasteiger partial charge in [0.2, 0.25) is 0 Å². The van der Waals surface area contributed by atoms with E-state index in [0.717, 1.165) is 22.8 Å². The number of carbonyl (C=O) groups excluding carboxylic acids is 1. The van der Waals surface area contributed by atoms with E-state index in [1.807, 2.05) is 66.4 Å². The number of ether oxygens (including phenoxy) is 1. The van der Waals surface area contributed by atoms with Crippen LogP contribution in [0.4, 0.5) is 0 Å². The highest BCUT2D eigenvalue weighted by molar-refractivity contribution is 7.97. The average molecular weight is 417 g/mol. The predicted molar refractivity (Wildman–Crippen MR) is 125 cm³/mol. The minimum absolute atomic E-state index is 0.242. The van der Waals surface area contributed by atoms with Crippen LogP contribution in [0, 0.1) is 0 Å². The van der Waals surface area contributed by atoms with Crippen molar-refractivity contribution in [2.24, 2.45) is 5.10 Å². The second-order valence-electron chi connectivity index (χ2n) is 6.55.